The second-order valence-electron chi connectivity index (χ2n) is 3.00. The minimum atomic E-state index is 0.752. The maximum Gasteiger partial charge on any atom is 0.0175 e. The zero-order valence-corrected chi connectivity index (χ0v) is 10.2. The van der Waals surface area contributed by atoms with E-state index in [1.807, 2.05) is 0 Å². The van der Waals surface area contributed by atoms with Crippen molar-refractivity contribution in [1.82, 2.24) is 0 Å². The molecule has 2 heteroatoms. The molecule has 0 amide bonds. The van der Waals surface area contributed by atoms with Crippen LogP contribution in [0.1, 0.15) is 0 Å². The predicted molar refractivity (Wildman–Crippen MR) is 68.2 cm³/mol. The van der Waals surface area contributed by atoms with Crippen LogP contribution in [0.4, 0.5) is 0 Å². The number of halogens is 1. The van der Waals surface area contributed by atoms with Gasteiger partial charge in [-0.2, -0.15) is 0 Å². The Hall–Kier alpha value is -0.650. The molecule has 0 saturated heterocycles. The zero-order chi connectivity index (χ0) is 9.80. The second kappa shape index (κ2) is 4.72. The Bertz CT molecular complexity index is 394. The van der Waals surface area contributed by atoms with Crippen molar-refractivity contribution in [2.24, 2.45) is 0 Å². The monoisotopic (exact) mass is 264 g/mol. The molecule has 0 aliphatic rings. The van der Waals surface area contributed by atoms with Gasteiger partial charge in [0.2, 0.25) is 0 Å². The van der Waals surface area contributed by atoms with E-state index in [1.54, 1.807) is 0 Å². The number of hydrogen-bond donors (Lipinski definition) is 0. The molecule has 0 spiro atoms. The Balaban J connectivity index is 2.16. The molecule has 0 aliphatic carbocycles. The van der Waals surface area contributed by atoms with Crippen molar-refractivity contribution in [3.05, 3.63) is 59.1 Å². The normalized spacial score (nSPS) is 10.9. The Morgan fingerprint density at radius 1 is 0.714 bits per heavy atom. The third kappa shape index (κ3) is 2.67. The van der Waals surface area contributed by atoms with Crippen molar-refractivity contribution < 1.29 is 0 Å². The van der Waals surface area contributed by atoms with E-state index in [-0.39, 0.29) is 0 Å². The molecule has 0 nitrogen and oxygen atoms in total. The lowest BCUT2D eigenvalue weighted by Gasteiger charge is -2.01. The fourth-order valence-corrected chi connectivity index (χ4v) is 2.51. The van der Waals surface area contributed by atoms with Crippen LogP contribution < -0.4 is 10.6 Å². The van der Waals surface area contributed by atoms with Crippen LogP contribution in [0.25, 0.3) is 0 Å². The van der Waals surface area contributed by atoms with E-state index in [0.717, 1.165) is 13.1 Å². The van der Waals surface area contributed by atoms with Gasteiger partial charge in [0.25, 0.3) is 0 Å². The van der Waals surface area contributed by atoms with Gasteiger partial charge in [-0.15, -0.1) is 0 Å². The molecule has 14 heavy (non-hydrogen) atoms. The molecule has 0 saturated carbocycles. The van der Waals surface area contributed by atoms with Crippen molar-refractivity contribution in [2.45, 2.75) is 0 Å². The minimum absolute atomic E-state index is 0.752. The van der Waals surface area contributed by atoms with Crippen LogP contribution >= 0.6 is 24.5 Å². The summed E-state index contributed by atoms with van der Waals surface area (Å²) in [7, 11) is 0.752. The van der Waals surface area contributed by atoms with Crippen molar-refractivity contribution in [1.29, 1.82) is 0 Å². The van der Waals surface area contributed by atoms with Crippen molar-refractivity contribution in [2.75, 3.05) is 0 Å². The quantitative estimate of drug-likeness (QED) is 0.732. The zero-order valence-electron chi connectivity index (χ0n) is 7.57. The molecule has 0 fully saturated rings. The van der Waals surface area contributed by atoms with Gasteiger partial charge in [0.1, 0.15) is 0 Å². The van der Waals surface area contributed by atoms with Gasteiger partial charge >= 0.3 is 0 Å². The van der Waals surface area contributed by atoms with Crippen LogP contribution in [-0.4, -0.2) is 0 Å². The summed E-state index contributed by atoms with van der Waals surface area (Å²) in [5.41, 5.74) is 0. The summed E-state index contributed by atoms with van der Waals surface area (Å²) in [6, 6.07) is 19.1. The average molecular weight is 265 g/mol. The second-order valence-corrected chi connectivity index (χ2v) is 5.32. The standard InChI is InChI=1S/C12H10BrP/c13-10-6-8-12(9-7-10)14-11-4-2-1-3-5-11/h1-9,14H. The SMILES string of the molecule is Brc1ccc(Pc2ccccc2)cc1. The van der Waals surface area contributed by atoms with Gasteiger partial charge in [0.15, 0.2) is 0 Å². The van der Waals surface area contributed by atoms with Gasteiger partial charge in [-0.1, -0.05) is 67.0 Å². The molecule has 1 unspecified atom stereocenters. The van der Waals surface area contributed by atoms with Gasteiger partial charge in [-0.3, -0.25) is 0 Å². The summed E-state index contributed by atoms with van der Waals surface area (Å²) in [6.07, 6.45) is 0. The lowest BCUT2D eigenvalue weighted by molar-refractivity contribution is 1.70. The fraction of sp³-hybridized carbons (Fsp3) is 0. The van der Waals surface area contributed by atoms with E-state index in [1.165, 1.54) is 10.6 Å². The number of benzene rings is 2. The van der Waals surface area contributed by atoms with Gasteiger partial charge in [0, 0.05) is 4.47 Å². The summed E-state index contributed by atoms with van der Waals surface area (Å²) < 4.78 is 1.14. The number of hydrogen-bond acceptors (Lipinski definition) is 0. The third-order valence-corrected chi connectivity index (χ3v) is 3.68. The van der Waals surface area contributed by atoms with Gasteiger partial charge in [-0.05, 0) is 22.7 Å². The first-order valence-corrected chi connectivity index (χ1v) is 6.21. The number of rotatable bonds is 2. The largest absolute Gasteiger partial charge is 0.0622 e. The molecule has 2 rings (SSSR count). The van der Waals surface area contributed by atoms with E-state index in [0.29, 0.717) is 0 Å². The predicted octanol–water partition coefficient (Wildman–Crippen LogP) is 3.08. The third-order valence-electron chi connectivity index (χ3n) is 1.91. The summed E-state index contributed by atoms with van der Waals surface area (Å²) >= 11 is 3.43. The van der Waals surface area contributed by atoms with Gasteiger partial charge < -0.3 is 0 Å². The van der Waals surface area contributed by atoms with Crippen LogP contribution in [0.2, 0.25) is 0 Å². The van der Waals surface area contributed by atoms with Crippen molar-refractivity contribution in [3.8, 4) is 0 Å². The molecular weight excluding hydrogens is 255 g/mol. The molecule has 2 aromatic carbocycles. The van der Waals surface area contributed by atoms with Gasteiger partial charge in [-0.25, -0.2) is 0 Å². The maximum absolute atomic E-state index is 3.43. The minimum Gasteiger partial charge on any atom is -0.0622 e. The Labute approximate surface area is 94.3 Å². The summed E-state index contributed by atoms with van der Waals surface area (Å²) in [5, 5.41) is 2.76. The Kier molecular flexibility index (Phi) is 3.34. The summed E-state index contributed by atoms with van der Waals surface area (Å²) in [5.74, 6) is 0. The molecule has 0 bridgehead atoms. The highest BCUT2D eigenvalue weighted by molar-refractivity contribution is 9.10. The van der Waals surface area contributed by atoms with E-state index < -0.39 is 0 Å². The summed E-state index contributed by atoms with van der Waals surface area (Å²) in [6.45, 7) is 0. The summed E-state index contributed by atoms with van der Waals surface area (Å²) in [4.78, 5) is 0. The maximum atomic E-state index is 3.43. The van der Waals surface area contributed by atoms with E-state index >= 15 is 0 Å². The molecule has 1 atom stereocenters. The molecule has 70 valence electrons. The molecular formula is C12H10BrP. The van der Waals surface area contributed by atoms with Crippen LogP contribution in [0.3, 0.4) is 0 Å². The van der Waals surface area contributed by atoms with Crippen LogP contribution in [0, 0.1) is 0 Å². The van der Waals surface area contributed by atoms with E-state index in [2.05, 4.69) is 70.5 Å². The first kappa shape index (κ1) is 9.89. The molecule has 0 heterocycles. The Morgan fingerprint density at radius 3 is 1.93 bits per heavy atom. The average Bonchev–Trinajstić information content (AvgIpc) is 2.23. The van der Waals surface area contributed by atoms with Crippen molar-refractivity contribution >= 4 is 35.1 Å². The molecule has 0 N–H and O–H groups in total. The first-order chi connectivity index (χ1) is 6.84. The highest BCUT2D eigenvalue weighted by Gasteiger charge is 1.94. The Morgan fingerprint density at radius 2 is 1.29 bits per heavy atom. The highest BCUT2D eigenvalue weighted by atomic mass is 79.9. The van der Waals surface area contributed by atoms with E-state index in [9.17, 15) is 0 Å². The van der Waals surface area contributed by atoms with E-state index in [4.69, 9.17) is 0 Å². The first-order valence-electron chi connectivity index (χ1n) is 4.42. The lowest BCUT2D eigenvalue weighted by Crippen LogP contribution is -2.01. The van der Waals surface area contributed by atoms with Gasteiger partial charge in [0.05, 0.1) is 0 Å². The fourth-order valence-electron chi connectivity index (χ4n) is 1.22. The van der Waals surface area contributed by atoms with Crippen LogP contribution in [0.5, 0.6) is 0 Å². The van der Waals surface area contributed by atoms with Crippen LogP contribution in [0.15, 0.2) is 59.1 Å². The lowest BCUT2D eigenvalue weighted by atomic mass is 10.4. The topological polar surface area (TPSA) is 0 Å². The smallest absolute Gasteiger partial charge is 0.0175 e. The molecule has 0 aliphatic heterocycles. The van der Waals surface area contributed by atoms with Crippen LogP contribution in [-0.2, 0) is 0 Å². The molecule has 2 aromatic rings. The molecule has 0 aromatic heterocycles. The highest BCUT2D eigenvalue weighted by Crippen LogP contribution is 2.13. The molecule has 0 radical (unpaired) electrons. The van der Waals surface area contributed by atoms with Crippen molar-refractivity contribution in [3.63, 3.8) is 0 Å².